The second kappa shape index (κ2) is 6.11. The number of carbonyl (C=O) groups is 1. The number of H-pyrrole nitrogens is 2. The zero-order valence-electron chi connectivity index (χ0n) is 11.0. The first-order valence-electron chi connectivity index (χ1n) is 5.96. The van der Waals surface area contributed by atoms with E-state index in [0.717, 1.165) is 4.68 Å². The Kier molecular flexibility index (Phi) is 4.24. The van der Waals surface area contributed by atoms with Crippen molar-refractivity contribution in [1.82, 2.24) is 30.0 Å². The molecule has 112 valence electrons. The Morgan fingerprint density at radius 3 is 3.05 bits per heavy atom. The van der Waals surface area contributed by atoms with Crippen LogP contribution < -0.4 is 11.0 Å². The summed E-state index contributed by atoms with van der Waals surface area (Å²) < 4.78 is 1.09. The summed E-state index contributed by atoms with van der Waals surface area (Å²) >= 11 is 0. The molecule has 0 aliphatic rings. The summed E-state index contributed by atoms with van der Waals surface area (Å²) in [4.78, 5) is 32.3. The first-order chi connectivity index (χ1) is 10.2. The largest absolute Gasteiger partial charge is 0.342 e. The molecule has 0 fully saturated rings. The van der Waals surface area contributed by atoms with Gasteiger partial charge in [0.1, 0.15) is 6.54 Å². The van der Waals surface area contributed by atoms with E-state index < -0.39 is 6.03 Å². The third-order valence-corrected chi connectivity index (χ3v) is 2.84. The zero-order valence-corrected chi connectivity index (χ0v) is 11.8. The molecule has 0 radical (unpaired) electrons. The number of imidazole rings is 1. The van der Waals surface area contributed by atoms with Crippen LogP contribution in [-0.2, 0) is 0 Å². The fraction of sp³-hybridized carbons (Fsp3) is 0.0833. The second-order valence-corrected chi connectivity index (χ2v) is 4.15. The van der Waals surface area contributed by atoms with Gasteiger partial charge in [-0.1, -0.05) is 0 Å². The first-order valence-corrected chi connectivity index (χ1v) is 5.96. The van der Waals surface area contributed by atoms with Gasteiger partial charge in [0.15, 0.2) is 5.65 Å². The quantitative estimate of drug-likeness (QED) is 0.595. The van der Waals surface area contributed by atoms with Crippen molar-refractivity contribution in [3.63, 3.8) is 0 Å². The van der Waals surface area contributed by atoms with E-state index in [-0.39, 0.29) is 24.6 Å². The lowest BCUT2D eigenvalue weighted by Gasteiger charge is -1.99. The molecule has 0 saturated carbocycles. The highest BCUT2D eigenvalue weighted by Crippen LogP contribution is 2.23. The van der Waals surface area contributed by atoms with Crippen molar-refractivity contribution >= 4 is 29.6 Å². The number of amides is 1. The molecular weight excluding hydrogens is 310 g/mol. The van der Waals surface area contributed by atoms with E-state index in [2.05, 4.69) is 25.4 Å². The van der Waals surface area contributed by atoms with Crippen LogP contribution in [0.25, 0.3) is 22.3 Å². The number of hydrogen-bond donors (Lipinski definition) is 3. The minimum absolute atomic E-state index is 0. The minimum atomic E-state index is -0.504. The monoisotopic (exact) mass is 319 g/mol. The molecule has 9 nitrogen and oxygen atoms in total. The van der Waals surface area contributed by atoms with Gasteiger partial charge in [0.25, 0.3) is 0 Å². The Balaban J connectivity index is 0.00000176. The molecule has 0 aliphatic carbocycles. The number of aromatic nitrogens is 5. The Morgan fingerprint density at radius 1 is 1.45 bits per heavy atom. The number of nitrogens with one attached hydrogen (secondary N) is 3. The number of halogens is 1. The number of carbonyl (C=O) groups excluding carboxylic acids is 1. The van der Waals surface area contributed by atoms with Crippen molar-refractivity contribution in [1.29, 1.82) is 5.26 Å². The van der Waals surface area contributed by atoms with Gasteiger partial charge in [-0.2, -0.15) is 15.0 Å². The molecule has 0 spiro atoms. The van der Waals surface area contributed by atoms with E-state index in [1.54, 1.807) is 12.3 Å². The first kappa shape index (κ1) is 15.3. The van der Waals surface area contributed by atoms with Crippen molar-refractivity contribution in [2.45, 2.75) is 0 Å². The fourth-order valence-electron chi connectivity index (χ4n) is 1.95. The lowest BCUT2D eigenvalue weighted by Crippen LogP contribution is -2.28. The minimum Gasteiger partial charge on any atom is -0.323 e. The summed E-state index contributed by atoms with van der Waals surface area (Å²) in [5.74, 6) is 0. The van der Waals surface area contributed by atoms with Gasteiger partial charge in [-0.25, -0.2) is 14.6 Å². The highest BCUT2D eigenvalue weighted by molar-refractivity contribution is 5.89. The average molecular weight is 320 g/mol. The summed E-state index contributed by atoms with van der Waals surface area (Å²) in [7, 11) is 0. The van der Waals surface area contributed by atoms with E-state index in [1.807, 2.05) is 6.07 Å². The third kappa shape index (κ3) is 2.68. The molecule has 3 aromatic rings. The van der Waals surface area contributed by atoms with Crippen LogP contribution in [0.4, 0.5) is 4.79 Å². The van der Waals surface area contributed by atoms with Crippen LogP contribution in [0, 0.1) is 11.3 Å². The zero-order chi connectivity index (χ0) is 14.8. The highest BCUT2D eigenvalue weighted by Gasteiger charge is 2.12. The number of aromatic amines is 2. The summed E-state index contributed by atoms with van der Waals surface area (Å²) in [6, 6.07) is 3.01. The van der Waals surface area contributed by atoms with E-state index >= 15 is 0 Å². The maximum absolute atomic E-state index is 11.7. The molecule has 10 heteroatoms. The van der Waals surface area contributed by atoms with Crippen LogP contribution in [0.5, 0.6) is 0 Å². The molecule has 0 aliphatic heterocycles. The molecule has 3 heterocycles. The van der Waals surface area contributed by atoms with Gasteiger partial charge in [-0.15, -0.1) is 12.4 Å². The highest BCUT2D eigenvalue weighted by atomic mass is 35.5. The fourth-order valence-corrected chi connectivity index (χ4v) is 1.95. The molecule has 1 amide bonds. The molecule has 3 N–H and O–H groups in total. The number of fused-ring (bicyclic) bond motifs is 1. The number of nitrogens with zero attached hydrogens (tertiary/aromatic N) is 4. The average Bonchev–Trinajstić information content (AvgIpc) is 3.09. The van der Waals surface area contributed by atoms with Gasteiger partial charge in [0.05, 0.1) is 17.8 Å². The maximum atomic E-state index is 11.7. The Labute approximate surface area is 129 Å². The van der Waals surface area contributed by atoms with Crippen LogP contribution in [0.1, 0.15) is 0 Å². The topological polar surface area (TPSA) is 132 Å². The Hall–Kier alpha value is -3.12. The van der Waals surface area contributed by atoms with Gasteiger partial charge >= 0.3 is 11.7 Å². The predicted octanol–water partition coefficient (Wildman–Crippen LogP) is 0.618. The van der Waals surface area contributed by atoms with Crippen LogP contribution >= 0.6 is 12.4 Å². The van der Waals surface area contributed by atoms with Gasteiger partial charge in [0.2, 0.25) is 0 Å². The van der Waals surface area contributed by atoms with Crippen molar-refractivity contribution in [3.8, 4) is 17.2 Å². The van der Waals surface area contributed by atoms with Crippen LogP contribution in [-0.4, -0.2) is 37.3 Å². The lowest BCUT2D eigenvalue weighted by atomic mass is 10.1. The number of nitriles is 1. The smallest absolute Gasteiger partial charge is 0.323 e. The molecule has 0 saturated heterocycles. The van der Waals surface area contributed by atoms with E-state index in [4.69, 9.17) is 5.26 Å². The standard InChI is InChI=1S/C12H9N7O2.ClH/c13-2-4-15-12(21)19-6-7(5-16-19)8-1-3-14-10-9(8)17-11(20)18-10;/h1,3,5-6H,4H2,(H,15,21)(H2,14,17,18,20);1H. The maximum Gasteiger partial charge on any atom is 0.342 e. The Bertz CT molecular complexity index is 917. The lowest BCUT2D eigenvalue weighted by molar-refractivity contribution is 0.240. The van der Waals surface area contributed by atoms with E-state index in [1.165, 1.54) is 12.4 Å². The van der Waals surface area contributed by atoms with Crippen molar-refractivity contribution < 1.29 is 4.79 Å². The van der Waals surface area contributed by atoms with Gasteiger partial charge in [0, 0.05) is 23.5 Å². The SMILES string of the molecule is Cl.N#CCNC(=O)n1cc(-c2ccnc3[nH]c(=O)[nH]c23)cn1. The van der Waals surface area contributed by atoms with Crippen molar-refractivity contribution in [2.75, 3.05) is 6.54 Å². The van der Waals surface area contributed by atoms with Crippen molar-refractivity contribution in [3.05, 3.63) is 35.1 Å². The summed E-state index contributed by atoms with van der Waals surface area (Å²) in [5.41, 5.74) is 1.95. The number of rotatable bonds is 2. The van der Waals surface area contributed by atoms with Gasteiger partial charge in [-0.3, -0.25) is 4.98 Å². The van der Waals surface area contributed by atoms with Crippen LogP contribution in [0.15, 0.2) is 29.5 Å². The molecule has 22 heavy (non-hydrogen) atoms. The second-order valence-electron chi connectivity index (χ2n) is 4.15. The normalized spacial score (nSPS) is 9.95. The molecule has 0 aromatic carbocycles. The molecular formula is C12H10ClN7O2. The molecule has 3 aromatic heterocycles. The molecule has 0 bridgehead atoms. The van der Waals surface area contributed by atoms with Crippen LogP contribution in [0.2, 0.25) is 0 Å². The Morgan fingerprint density at radius 2 is 2.27 bits per heavy atom. The number of hydrogen-bond acceptors (Lipinski definition) is 5. The van der Waals surface area contributed by atoms with Crippen molar-refractivity contribution in [2.24, 2.45) is 0 Å². The van der Waals surface area contributed by atoms with Crippen LogP contribution in [0.3, 0.4) is 0 Å². The molecule has 0 atom stereocenters. The van der Waals surface area contributed by atoms with Gasteiger partial charge in [-0.05, 0) is 6.07 Å². The summed E-state index contributed by atoms with van der Waals surface area (Å²) in [5, 5.41) is 14.7. The number of pyridine rings is 1. The van der Waals surface area contributed by atoms with Gasteiger partial charge < -0.3 is 10.3 Å². The summed E-state index contributed by atoms with van der Waals surface area (Å²) in [6.07, 6.45) is 4.55. The van der Waals surface area contributed by atoms with E-state index in [0.29, 0.717) is 22.3 Å². The van der Waals surface area contributed by atoms with E-state index in [9.17, 15) is 9.59 Å². The molecule has 0 unspecified atom stereocenters. The molecule has 3 rings (SSSR count). The third-order valence-electron chi connectivity index (χ3n) is 2.84. The predicted molar refractivity (Wildman–Crippen MR) is 79.6 cm³/mol. The summed E-state index contributed by atoms with van der Waals surface area (Å²) in [6.45, 7) is -0.0986.